The molecule has 0 aliphatic rings. The van der Waals surface area contributed by atoms with Crippen LogP contribution in [0.2, 0.25) is 0 Å². The van der Waals surface area contributed by atoms with Crippen LogP contribution in [0.1, 0.15) is 6.92 Å². The van der Waals surface area contributed by atoms with Gasteiger partial charge in [0.2, 0.25) is 0 Å². The molecule has 8 heteroatoms. The fourth-order valence-electron chi connectivity index (χ4n) is 2.17. The minimum absolute atomic E-state index is 0.0355. The van der Waals surface area contributed by atoms with Crippen molar-refractivity contribution in [2.75, 3.05) is 24.6 Å². The van der Waals surface area contributed by atoms with E-state index in [2.05, 4.69) is 15.9 Å². The third-order valence-electron chi connectivity index (χ3n) is 3.33. The number of hydrogen-bond acceptors (Lipinski definition) is 5. The predicted molar refractivity (Wildman–Crippen MR) is 98.3 cm³/mol. The lowest BCUT2D eigenvalue weighted by molar-refractivity contribution is -0.141. The molecule has 0 N–H and O–H groups in total. The Morgan fingerprint density at radius 3 is 2.40 bits per heavy atom. The summed E-state index contributed by atoms with van der Waals surface area (Å²) in [6.45, 7) is 1.43. The number of nitrogens with zero attached hydrogens (tertiary/aromatic N) is 1. The molecule has 2 aromatic carbocycles. The highest BCUT2D eigenvalue weighted by atomic mass is 79.9. The van der Waals surface area contributed by atoms with Crippen molar-refractivity contribution >= 4 is 37.6 Å². The first-order chi connectivity index (χ1) is 11.9. The second-order valence-electron chi connectivity index (χ2n) is 4.95. The molecule has 25 heavy (non-hydrogen) atoms. The van der Waals surface area contributed by atoms with E-state index in [4.69, 9.17) is 9.47 Å². The van der Waals surface area contributed by atoms with Crippen molar-refractivity contribution in [2.24, 2.45) is 0 Å². The van der Waals surface area contributed by atoms with Crippen LogP contribution in [0.3, 0.4) is 0 Å². The Balaban J connectivity index is 2.47. The number of rotatable bonds is 7. The molecule has 6 nitrogen and oxygen atoms in total. The van der Waals surface area contributed by atoms with Crippen LogP contribution < -0.4 is 9.04 Å². The fraction of sp³-hybridized carbons (Fsp3) is 0.235. The van der Waals surface area contributed by atoms with Gasteiger partial charge in [0.25, 0.3) is 10.0 Å². The van der Waals surface area contributed by atoms with Gasteiger partial charge in [-0.3, -0.25) is 9.10 Å². The standard InChI is InChI=1S/C17H18BrNO5S/c1-3-24-17(20)12-19(13-7-5-4-6-8-13)25(21,22)14-9-10-16(23-2)15(18)11-14/h4-11H,3,12H2,1-2H3. The van der Waals surface area contributed by atoms with Crippen LogP contribution in [-0.2, 0) is 19.6 Å². The van der Waals surface area contributed by atoms with Gasteiger partial charge in [-0.15, -0.1) is 0 Å². The van der Waals surface area contributed by atoms with E-state index in [-0.39, 0.29) is 11.5 Å². The van der Waals surface area contributed by atoms with Gasteiger partial charge in [0.05, 0.1) is 28.8 Å². The summed E-state index contributed by atoms with van der Waals surface area (Å²) in [5.41, 5.74) is 0.377. The van der Waals surface area contributed by atoms with Crippen molar-refractivity contribution in [1.29, 1.82) is 0 Å². The van der Waals surface area contributed by atoms with Gasteiger partial charge in [-0.25, -0.2) is 8.42 Å². The number of ether oxygens (including phenoxy) is 2. The number of methoxy groups -OCH3 is 1. The number of esters is 1. The Kier molecular flexibility index (Phi) is 6.44. The predicted octanol–water partition coefficient (Wildman–Crippen LogP) is 3.22. The van der Waals surface area contributed by atoms with Gasteiger partial charge in [-0.2, -0.15) is 0 Å². The lowest BCUT2D eigenvalue weighted by Gasteiger charge is -2.23. The zero-order valence-electron chi connectivity index (χ0n) is 13.8. The maximum absolute atomic E-state index is 13.1. The summed E-state index contributed by atoms with van der Waals surface area (Å²) in [5.74, 6) is -0.113. The maximum atomic E-state index is 13.1. The number of halogens is 1. The number of anilines is 1. The molecule has 0 saturated carbocycles. The van der Waals surface area contributed by atoms with Crippen molar-refractivity contribution in [1.82, 2.24) is 0 Å². The van der Waals surface area contributed by atoms with Crippen molar-refractivity contribution in [3.63, 3.8) is 0 Å². The van der Waals surface area contributed by atoms with Crippen LogP contribution in [0.5, 0.6) is 5.75 Å². The number of hydrogen-bond donors (Lipinski definition) is 0. The van der Waals surface area contributed by atoms with Crippen molar-refractivity contribution in [3.8, 4) is 5.75 Å². The summed E-state index contributed by atoms with van der Waals surface area (Å²) in [7, 11) is -2.48. The van der Waals surface area contributed by atoms with Crippen molar-refractivity contribution < 1.29 is 22.7 Å². The molecule has 0 aliphatic carbocycles. The molecule has 0 aromatic heterocycles. The first kappa shape index (κ1) is 19.3. The second kappa shape index (κ2) is 8.35. The van der Waals surface area contributed by atoms with Gasteiger partial charge in [0.1, 0.15) is 12.3 Å². The molecule has 0 saturated heterocycles. The van der Waals surface area contributed by atoms with Crippen molar-refractivity contribution in [3.05, 3.63) is 53.0 Å². The zero-order chi connectivity index (χ0) is 18.4. The average Bonchev–Trinajstić information content (AvgIpc) is 2.60. The summed E-state index contributed by atoms with van der Waals surface area (Å²) < 4.78 is 37.7. The van der Waals surface area contributed by atoms with E-state index < -0.39 is 22.5 Å². The summed E-state index contributed by atoms with van der Waals surface area (Å²) in [4.78, 5) is 12.0. The first-order valence-corrected chi connectivity index (χ1v) is 9.70. The molecule has 0 heterocycles. The molecule has 0 spiro atoms. The van der Waals surface area contributed by atoms with Gasteiger partial charge in [-0.1, -0.05) is 18.2 Å². The Morgan fingerprint density at radius 2 is 1.84 bits per heavy atom. The van der Waals surface area contributed by atoms with Gasteiger partial charge >= 0.3 is 5.97 Å². The van der Waals surface area contributed by atoms with E-state index in [1.165, 1.54) is 19.2 Å². The van der Waals surface area contributed by atoms with Gasteiger partial charge in [0, 0.05) is 0 Å². The van der Waals surface area contributed by atoms with Crippen LogP contribution in [-0.4, -0.2) is 34.6 Å². The molecular formula is C17H18BrNO5S. The molecule has 0 radical (unpaired) electrons. The molecule has 0 amide bonds. The van der Waals surface area contributed by atoms with E-state index in [0.29, 0.717) is 15.9 Å². The van der Waals surface area contributed by atoms with Crippen LogP contribution in [0.15, 0.2) is 57.9 Å². The fourth-order valence-corrected chi connectivity index (χ4v) is 4.30. The Morgan fingerprint density at radius 1 is 1.16 bits per heavy atom. The molecule has 0 bridgehead atoms. The Labute approximate surface area is 155 Å². The zero-order valence-corrected chi connectivity index (χ0v) is 16.2. The second-order valence-corrected chi connectivity index (χ2v) is 7.67. The highest BCUT2D eigenvalue weighted by Crippen LogP contribution is 2.30. The smallest absolute Gasteiger partial charge is 0.326 e. The molecular weight excluding hydrogens is 410 g/mol. The third-order valence-corrected chi connectivity index (χ3v) is 5.72. The number of sulfonamides is 1. The molecule has 2 aromatic rings. The largest absolute Gasteiger partial charge is 0.496 e. The van der Waals surface area contributed by atoms with E-state index in [1.54, 1.807) is 43.3 Å². The van der Waals surface area contributed by atoms with E-state index in [0.717, 1.165) is 4.31 Å². The average molecular weight is 428 g/mol. The number of para-hydroxylation sites is 1. The number of carbonyl (C=O) groups is 1. The summed E-state index contributed by atoms with van der Waals surface area (Å²) in [5, 5.41) is 0. The number of benzene rings is 2. The summed E-state index contributed by atoms with van der Waals surface area (Å²) >= 11 is 3.28. The maximum Gasteiger partial charge on any atom is 0.326 e. The summed E-state index contributed by atoms with van der Waals surface area (Å²) in [6.07, 6.45) is 0. The SMILES string of the molecule is CCOC(=O)CN(c1ccccc1)S(=O)(=O)c1ccc(OC)c(Br)c1. The van der Waals surface area contributed by atoms with Crippen LogP contribution in [0, 0.1) is 0 Å². The van der Waals surface area contributed by atoms with Gasteiger partial charge in [-0.05, 0) is 53.2 Å². The lowest BCUT2D eigenvalue weighted by atomic mass is 10.3. The van der Waals surface area contributed by atoms with Crippen molar-refractivity contribution in [2.45, 2.75) is 11.8 Å². The molecule has 0 unspecified atom stereocenters. The minimum atomic E-state index is -3.97. The monoisotopic (exact) mass is 427 g/mol. The van der Waals surface area contributed by atoms with Crippen LogP contribution >= 0.6 is 15.9 Å². The van der Waals surface area contributed by atoms with E-state index >= 15 is 0 Å². The minimum Gasteiger partial charge on any atom is -0.496 e. The molecule has 134 valence electrons. The normalized spacial score (nSPS) is 11.0. The molecule has 0 aliphatic heterocycles. The van der Waals surface area contributed by atoms with E-state index in [1.807, 2.05) is 0 Å². The highest BCUT2D eigenvalue weighted by molar-refractivity contribution is 9.10. The van der Waals surface area contributed by atoms with Gasteiger partial charge < -0.3 is 9.47 Å². The quantitative estimate of drug-likeness (QED) is 0.634. The third kappa shape index (κ3) is 4.52. The molecule has 0 atom stereocenters. The lowest BCUT2D eigenvalue weighted by Crippen LogP contribution is -2.36. The Bertz CT molecular complexity index is 839. The molecule has 2 rings (SSSR count). The van der Waals surface area contributed by atoms with E-state index in [9.17, 15) is 13.2 Å². The Hall–Kier alpha value is -2.06. The van der Waals surface area contributed by atoms with Gasteiger partial charge in [0.15, 0.2) is 0 Å². The van der Waals surface area contributed by atoms with Crippen LogP contribution in [0.25, 0.3) is 0 Å². The van der Waals surface area contributed by atoms with Crippen LogP contribution in [0.4, 0.5) is 5.69 Å². The summed E-state index contributed by atoms with van der Waals surface area (Å²) in [6, 6.07) is 12.8. The molecule has 0 fully saturated rings. The highest BCUT2D eigenvalue weighted by Gasteiger charge is 2.28. The first-order valence-electron chi connectivity index (χ1n) is 7.47. The topological polar surface area (TPSA) is 72.9 Å². The number of carbonyl (C=O) groups excluding carboxylic acids is 1.